The molecule has 2 aliphatic heterocycles. The molecule has 0 spiro atoms. The van der Waals surface area contributed by atoms with Crippen LogP contribution in [-0.4, -0.2) is 62.4 Å². The number of likely N-dealkylation sites (tertiary alicyclic amines) is 1. The van der Waals surface area contributed by atoms with Crippen molar-refractivity contribution >= 4 is 15.9 Å². The smallest absolute Gasteiger partial charge is 0.267 e. The molecule has 27 heavy (non-hydrogen) atoms. The topological polar surface area (TPSA) is 76.2 Å². The van der Waals surface area contributed by atoms with Gasteiger partial charge in [-0.2, -0.15) is 4.31 Å². The van der Waals surface area contributed by atoms with Crippen LogP contribution in [0.3, 0.4) is 0 Å². The summed E-state index contributed by atoms with van der Waals surface area (Å²) < 4.78 is 38.8. The van der Waals surface area contributed by atoms with Gasteiger partial charge in [0, 0.05) is 32.2 Å². The fourth-order valence-electron chi connectivity index (χ4n) is 3.47. The summed E-state index contributed by atoms with van der Waals surface area (Å²) in [7, 11) is -3.58. The van der Waals surface area contributed by atoms with E-state index in [1.807, 2.05) is 13.8 Å². The average Bonchev–Trinajstić information content (AvgIpc) is 3.21. The van der Waals surface area contributed by atoms with Gasteiger partial charge in [-0.1, -0.05) is 13.8 Å². The summed E-state index contributed by atoms with van der Waals surface area (Å²) in [6, 6.07) is 4.61. The number of hydrogen-bond acceptors (Lipinski definition) is 5. The Balaban J connectivity index is 1.77. The highest BCUT2D eigenvalue weighted by Crippen LogP contribution is 2.35. The van der Waals surface area contributed by atoms with Gasteiger partial charge in [-0.15, -0.1) is 0 Å². The monoisotopic (exact) mass is 396 g/mol. The summed E-state index contributed by atoms with van der Waals surface area (Å²) in [6.45, 7) is 6.49. The van der Waals surface area contributed by atoms with Crippen LogP contribution in [0.1, 0.15) is 39.5 Å². The number of carbonyl (C=O) groups excluding carboxylic acids is 1. The molecule has 0 aliphatic carbocycles. The van der Waals surface area contributed by atoms with Crippen LogP contribution >= 0.6 is 0 Å². The first-order valence-electron chi connectivity index (χ1n) is 9.69. The molecular weight excluding hydrogens is 368 g/mol. The molecule has 0 saturated carbocycles. The van der Waals surface area contributed by atoms with Crippen LogP contribution in [0, 0.1) is 0 Å². The molecule has 8 heteroatoms. The minimum atomic E-state index is -3.58. The van der Waals surface area contributed by atoms with Crippen LogP contribution in [0.25, 0.3) is 0 Å². The molecule has 2 heterocycles. The highest BCUT2D eigenvalue weighted by atomic mass is 32.2. The number of nitrogens with zero attached hydrogens (tertiary/aromatic N) is 2. The Morgan fingerprint density at radius 2 is 1.81 bits per heavy atom. The third kappa shape index (κ3) is 4.21. The first-order chi connectivity index (χ1) is 13.0. The number of hydrogen-bond donors (Lipinski definition) is 0. The Bertz CT molecular complexity index is 768. The van der Waals surface area contributed by atoms with Gasteiger partial charge in [-0.25, -0.2) is 8.42 Å². The predicted molar refractivity (Wildman–Crippen MR) is 102 cm³/mol. The van der Waals surface area contributed by atoms with Crippen LogP contribution < -0.4 is 9.47 Å². The standard InChI is InChI=1S/C19H28N2O5S/c1-3-9-21(10-4-2)27(23,24)15-7-8-16-17(13-15)25-14-18(26-16)19(22)20-11-5-6-12-20/h7-8,13,18H,3-6,9-12,14H2,1-2H3/t18-/m0/s1. The minimum absolute atomic E-state index is 0.0630. The van der Waals surface area contributed by atoms with Gasteiger partial charge < -0.3 is 14.4 Å². The molecule has 2 aliphatic rings. The second kappa shape index (κ2) is 8.48. The zero-order valence-corrected chi connectivity index (χ0v) is 16.8. The van der Waals surface area contributed by atoms with E-state index in [1.165, 1.54) is 16.4 Å². The summed E-state index contributed by atoms with van der Waals surface area (Å²) >= 11 is 0. The number of amides is 1. The molecule has 1 fully saturated rings. The van der Waals surface area contributed by atoms with Crippen molar-refractivity contribution in [1.82, 2.24) is 9.21 Å². The van der Waals surface area contributed by atoms with Crippen molar-refractivity contribution in [3.05, 3.63) is 18.2 Å². The molecule has 0 unspecified atom stereocenters. The van der Waals surface area contributed by atoms with Crippen LogP contribution in [0.4, 0.5) is 0 Å². The van der Waals surface area contributed by atoms with E-state index in [0.29, 0.717) is 24.6 Å². The maximum atomic E-state index is 12.9. The lowest BCUT2D eigenvalue weighted by Gasteiger charge is -2.29. The number of carbonyl (C=O) groups is 1. The van der Waals surface area contributed by atoms with Gasteiger partial charge in [0.2, 0.25) is 16.1 Å². The number of benzene rings is 1. The molecule has 7 nitrogen and oxygen atoms in total. The lowest BCUT2D eigenvalue weighted by Crippen LogP contribution is -2.45. The van der Waals surface area contributed by atoms with Crippen molar-refractivity contribution in [1.29, 1.82) is 0 Å². The van der Waals surface area contributed by atoms with Crippen molar-refractivity contribution in [2.75, 3.05) is 32.8 Å². The van der Waals surface area contributed by atoms with E-state index in [2.05, 4.69) is 0 Å². The maximum Gasteiger partial charge on any atom is 0.267 e. The maximum absolute atomic E-state index is 12.9. The lowest BCUT2D eigenvalue weighted by atomic mass is 10.2. The molecule has 0 aromatic heterocycles. The number of ether oxygens (including phenoxy) is 2. The molecule has 1 atom stereocenters. The number of fused-ring (bicyclic) bond motifs is 1. The van der Waals surface area contributed by atoms with Gasteiger partial charge in [0.25, 0.3) is 5.91 Å². The second-order valence-corrected chi connectivity index (χ2v) is 8.90. The molecule has 1 aromatic rings. The van der Waals surface area contributed by atoms with Crippen molar-refractivity contribution in [3.8, 4) is 11.5 Å². The fourth-order valence-corrected chi connectivity index (χ4v) is 5.11. The van der Waals surface area contributed by atoms with Gasteiger partial charge in [0.05, 0.1) is 4.90 Å². The largest absolute Gasteiger partial charge is 0.485 e. The summed E-state index contributed by atoms with van der Waals surface area (Å²) in [5, 5.41) is 0. The van der Waals surface area contributed by atoms with E-state index in [1.54, 1.807) is 11.0 Å². The Morgan fingerprint density at radius 1 is 1.15 bits per heavy atom. The average molecular weight is 397 g/mol. The Kier molecular flexibility index (Phi) is 6.26. The third-order valence-corrected chi connectivity index (χ3v) is 6.75. The molecule has 0 N–H and O–H groups in total. The minimum Gasteiger partial charge on any atom is -0.485 e. The molecular formula is C19H28N2O5S. The predicted octanol–water partition coefficient (Wildman–Crippen LogP) is 2.26. The van der Waals surface area contributed by atoms with Gasteiger partial charge in [0.1, 0.15) is 6.61 Å². The van der Waals surface area contributed by atoms with E-state index in [9.17, 15) is 13.2 Å². The first kappa shape index (κ1) is 19.9. The Hall–Kier alpha value is -1.80. The zero-order chi connectivity index (χ0) is 19.4. The molecule has 0 radical (unpaired) electrons. The molecule has 0 bridgehead atoms. The van der Waals surface area contributed by atoms with Gasteiger partial charge in [-0.3, -0.25) is 4.79 Å². The first-order valence-corrected chi connectivity index (χ1v) is 11.1. The van der Waals surface area contributed by atoms with Crippen molar-refractivity contribution in [2.24, 2.45) is 0 Å². The molecule has 1 aromatic carbocycles. The summed E-state index contributed by atoms with van der Waals surface area (Å²) in [5.41, 5.74) is 0. The quantitative estimate of drug-likeness (QED) is 0.707. The van der Waals surface area contributed by atoms with E-state index in [-0.39, 0.29) is 17.4 Å². The molecule has 150 valence electrons. The van der Waals surface area contributed by atoms with E-state index < -0.39 is 16.1 Å². The van der Waals surface area contributed by atoms with E-state index in [0.717, 1.165) is 38.8 Å². The number of rotatable bonds is 7. The van der Waals surface area contributed by atoms with Crippen molar-refractivity contribution in [2.45, 2.75) is 50.5 Å². The van der Waals surface area contributed by atoms with Crippen LogP contribution in [0.15, 0.2) is 23.1 Å². The van der Waals surface area contributed by atoms with Crippen LogP contribution in [0.2, 0.25) is 0 Å². The van der Waals surface area contributed by atoms with Crippen LogP contribution in [-0.2, 0) is 14.8 Å². The SMILES string of the molecule is CCCN(CCC)S(=O)(=O)c1ccc2c(c1)OC[C@@H](C(=O)N1CCCC1)O2. The summed E-state index contributed by atoms with van der Waals surface area (Å²) in [5.74, 6) is 0.719. The van der Waals surface area contributed by atoms with Gasteiger partial charge >= 0.3 is 0 Å². The second-order valence-electron chi connectivity index (χ2n) is 6.96. The van der Waals surface area contributed by atoms with E-state index in [4.69, 9.17) is 9.47 Å². The van der Waals surface area contributed by atoms with Gasteiger partial charge in [-0.05, 0) is 37.8 Å². The number of sulfonamides is 1. The molecule has 1 saturated heterocycles. The fraction of sp³-hybridized carbons (Fsp3) is 0.632. The third-order valence-electron chi connectivity index (χ3n) is 4.85. The Morgan fingerprint density at radius 3 is 2.44 bits per heavy atom. The highest BCUT2D eigenvalue weighted by molar-refractivity contribution is 7.89. The van der Waals surface area contributed by atoms with E-state index >= 15 is 0 Å². The Labute approximate surface area is 161 Å². The zero-order valence-electron chi connectivity index (χ0n) is 16.0. The normalized spacial score (nSPS) is 19.5. The van der Waals surface area contributed by atoms with Gasteiger partial charge in [0.15, 0.2) is 11.5 Å². The molecule has 1 amide bonds. The lowest BCUT2D eigenvalue weighted by molar-refractivity contribution is -0.140. The van der Waals surface area contributed by atoms with Crippen molar-refractivity contribution < 1.29 is 22.7 Å². The van der Waals surface area contributed by atoms with Crippen molar-refractivity contribution in [3.63, 3.8) is 0 Å². The molecule has 3 rings (SSSR count). The highest BCUT2D eigenvalue weighted by Gasteiger charge is 2.33. The summed E-state index contributed by atoms with van der Waals surface area (Å²) in [6.07, 6.45) is 2.87. The van der Waals surface area contributed by atoms with Crippen LogP contribution in [0.5, 0.6) is 11.5 Å². The summed E-state index contributed by atoms with van der Waals surface area (Å²) in [4.78, 5) is 14.5.